The molecule has 0 unspecified atom stereocenters. The van der Waals surface area contributed by atoms with Crippen LogP contribution in [0.4, 0.5) is 18.9 Å². The molecule has 0 atom stereocenters. The van der Waals surface area contributed by atoms with E-state index in [1.807, 2.05) is 25.2 Å². The van der Waals surface area contributed by atoms with Crippen molar-refractivity contribution in [1.82, 2.24) is 5.32 Å². The molecule has 0 fully saturated rings. The Morgan fingerprint density at radius 2 is 1.87 bits per heavy atom. The van der Waals surface area contributed by atoms with Crippen LogP contribution in [-0.4, -0.2) is 19.5 Å². The van der Waals surface area contributed by atoms with Crippen LogP contribution in [0, 0.1) is 17.5 Å². The Morgan fingerprint density at radius 1 is 1.17 bits per heavy atom. The molecule has 3 rings (SSSR count). The first-order valence-electron chi connectivity index (χ1n) is 7.21. The van der Waals surface area contributed by atoms with Crippen LogP contribution in [0.3, 0.4) is 0 Å². The van der Waals surface area contributed by atoms with Crippen LogP contribution in [0.5, 0.6) is 0 Å². The summed E-state index contributed by atoms with van der Waals surface area (Å²) in [5, 5.41) is 2.46. The molecule has 0 bridgehead atoms. The summed E-state index contributed by atoms with van der Waals surface area (Å²) >= 11 is 0. The van der Waals surface area contributed by atoms with Gasteiger partial charge >= 0.3 is 0 Å². The first-order valence-corrected chi connectivity index (χ1v) is 7.21. The van der Waals surface area contributed by atoms with Crippen LogP contribution in [0.15, 0.2) is 30.3 Å². The third-order valence-electron chi connectivity index (χ3n) is 3.96. The van der Waals surface area contributed by atoms with Gasteiger partial charge in [-0.15, -0.1) is 0 Å². The molecule has 1 heterocycles. The molecule has 0 saturated carbocycles. The predicted molar refractivity (Wildman–Crippen MR) is 80.9 cm³/mol. The van der Waals surface area contributed by atoms with Gasteiger partial charge in [0.1, 0.15) is 23.0 Å². The van der Waals surface area contributed by atoms with E-state index in [1.54, 1.807) is 0 Å². The van der Waals surface area contributed by atoms with E-state index in [0.29, 0.717) is 12.1 Å². The lowest BCUT2D eigenvalue weighted by Crippen LogP contribution is -2.25. The van der Waals surface area contributed by atoms with Crippen molar-refractivity contribution in [3.63, 3.8) is 0 Å². The largest absolute Gasteiger partial charge is 0.374 e. The number of anilines is 1. The molecule has 120 valence electrons. The summed E-state index contributed by atoms with van der Waals surface area (Å²) in [4.78, 5) is 14.1. The summed E-state index contributed by atoms with van der Waals surface area (Å²) in [6, 6.07) is 6.77. The monoisotopic (exact) mass is 320 g/mol. The maximum absolute atomic E-state index is 13.6. The Hall–Kier alpha value is -2.50. The van der Waals surface area contributed by atoms with E-state index in [4.69, 9.17) is 0 Å². The fourth-order valence-electron chi connectivity index (χ4n) is 2.76. The number of halogens is 3. The predicted octanol–water partition coefficient (Wildman–Crippen LogP) is 3.03. The number of carbonyl (C=O) groups is 1. The highest BCUT2D eigenvalue weighted by Gasteiger charge is 2.19. The van der Waals surface area contributed by atoms with Gasteiger partial charge in [-0.1, -0.05) is 12.1 Å². The normalized spacial score (nSPS) is 13.1. The number of benzene rings is 2. The van der Waals surface area contributed by atoms with Crippen LogP contribution in [0.25, 0.3) is 0 Å². The number of nitrogens with zero attached hydrogens (tertiary/aromatic N) is 1. The molecule has 0 spiro atoms. The highest BCUT2D eigenvalue weighted by atomic mass is 19.1. The lowest BCUT2D eigenvalue weighted by Gasteiger charge is -2.12. The summed E-state index contributed by atoms with van der Waals surface area (Å²) < 4.78 is 40.0. The van der Waals surface area contributed by atoms with Crippen molar-refractivity contribution in [2.24, 2.45) is 0 Å². The number of amides is 1. The van der Waals surface area contributed by atoms with Gasteiger partial charge in [0.25, 0.3) is 5.91 Å². The van der Waals surface area contributed by atoms with Gasteiger partial charge in [0.2, 0.25) is 0 Å². The van der Waals surface area contributed by atoms with E-state index < -0.39 is 28.9 Å². The van der Waals surface area contributed by atoms with Crippen molar-refractivity contribution in [2.45, 2.75) is 13.0 Å². The smallest absolute Gasteiger partial charge is 0.257 e. The molecule has 1 aliphatic heterocycles. The third kappa shape index (κ3) is 3.02. The zero-order chi connectivity index (χ0) is 16.6. The number of nitrogens with one attached hydrogen (secondary N) is 1. The van der Waals surface area contributed by atoms with Crippen molar-refractivity contribution >= 4 is 11.6 Å². The fraction of sp³-hybridized carbons (Fsp3) is 0.235. The highest BCUT2D eigenvalue weighted by Crippen LogP contribution is 2.27. The Balaban J connectivity index is 1.73. The minimum absolute atomic E-state index is 0.145. The maximum Gasteiger partial charge on any atom is 0.257 e. The summed E-state index contributed by atoms with van der Waals surface area (Å²) in [5.41, 5.74) is 2.40. The second-order valence-corrected chi connectivity index (χ2v) is 5.56. The van der Waals surface area contributed by atoms with E-state index in [-0.39, 0.29) is 6.54 Å². The number of fused-ring (bicyclic) bond motifs is 1. The van der Waals surface area contributed by atoms with E-state index in [9.17, 15) is 18.0 Å². The Labute approximate surface area is 131 Å². The van der Waals surface area contributed by atoms with Crippen molar-refractivity contribution in [3.05, 3.63) is 64.5 Å². The first-order chi connectivity index (χ1) is 11.0. The van der Waals surface area contributed by atoms with E-state index in [0.717, 1.165) is 24.2 Å². The number of rotatable bonds is 3. The van der Waals surface area contributed by atoms with Crippen LogP contribution >= 0.6 is 0 Å². The van der Waals surface area contributed by atoms with Gasteiger partial charge in [-0.25, -0.2) is 13.2 Å². The molecule has 6 heteroatoms. The van der Waals surface area contributed by atoms with E-state index in [2.05, 4.69) is 10.2 Å². The summed E-state index contributed by atoms with van der Waals surface area (Å²) in [7, 11) is 2.01. The molecule has 0 aromatic heterocycles. The quantitative estimate of drug-likeness (QED) is 0.943. The zero-order valence-electron chi connectivity index (χ0n) is 12.5. The van der Waals surface area contributed by atoms with Gasteiger partial charge in [0, 0.05) is 38.0 Å². The molecule has 0 saturated heterocycles. The molecule has 2 aromatic carbocycles. The van der Waals surface area contributed by atoms with Crippen molar-refractivity contribution < 1.29 is 18.0 Å². The number of hydrogen-bond donors (Lipinski definition) is 1. The molecule has 0 radical (unpaired) electrons. The standard InChI is InChI=1S/C17H15F3N2O/c1-22-5-4-11-6-10(2-3-15(11)22)9-21-17(23)16-13(19)7-12(18)8-14(16)20/h2-3,6-8H,4-5,9H2,1H3,(H,21,23). The topological polar surface area (TPSA) is 32.3 Å². The molecule has 1 amide bonds. The van der Waals surface area contributed by atoms with Crippen molar-refractivity contribution in [3.8, 4) is 0 Å². The van der Waals surface area contributed by atoms with Crippen molar-refractivity contribution in [1.29, 1.82) is 0 Å². The van der Waals surface area contributed by atoms with Gasteiger partial charge in [-0.3, -0.25) is 4.79 Å². The highest BCUT2D eigenvalue weighted by molar-refractivity contribution is 5.94. The van der Waals surface area contributed by atoms with Gasteiger partial charge in [0.15, 0.2) is 0 Å². The average Bonchev–Trinajstić information content (AvgIpc) is 2.85. The first kappa shape index (κ1) is 15.4. The summed E-state index contributed by atoms with van der Waals surface area (Å²) in [5.74, 6) is -4.39. The Morgan fingerprint density at radius 3 is 2.57 bits per heavy atom. The van der Waals surface area contributed by atoms with Crippen LogP contribution in [0.2, 0.25) is 0 Å². The SMILES string of the molecule is CN1CCc2cc(CNC(=O)c3c(F)cc(F)cc3F)ccc21. The van der Waals surface area contributed by atoms with E-state index >= 15 is 0 Å². The molecule has 2 aromatic rings. The van der Waals surface area contributed by atoms with Gasteiger partial charge in [-0.2, -0.15) is 0 Å². The second kappa shape index (κ2) is 5.95. The minimum Gasteiger partial charge on any atom is -0.374 e. The van der Waals surface area contributed by atoms with Gasteiger partial charge < -0.3 is 10.2 Å². The average molecular weight is 320 g/mol. The van der Waals surface area contributed by atoms with Gasteiger partial charge in [0.05, 0.1) is 0 Å². The number of likely N-dealkylation sites (N-methyl/N-ethyl adjacent to an activating group) is 1. The van der Waals surface area contributed by atoms with Crippen LogP contribution in [-0.2, 0) is 13.0 Å². The maximum atomic E-state index is 13.6. The second-order valence-electron chi connectivity index (χ2n) is 5.56. The molecule has 1 aliphatic rings. The fourth-order valence-corrected chi connectivity index (χ4v) is 2.76. The Kier molecular flexibility index (Phi) is 3.98. The molecule has 3 nitrogen and oxygen atoms in total. The lowest BCUT2D eigenvalue weighted by atomic mass is 10.1. The molecule has 0 aliphatic carbocycles. The molecular weight excluding hydrogens is 305 g/mol. The number of hydrogen-bond acceptors (Lipinski definition) is 2. The summed E-state index contributed by atoms with van der Waals surface area (Å²) in [6.45, 7) is 1.09. The molecule has 1 N–H and O–H groups in total. The van der Waals surface area contributed by atoms with Crippen molar-refractivity contribution in [2.75, 3.05) is 18.5 Å². The third-order valence-corrected chi connectivity index (χ3v) is 3.96. The van der Waals surface area contributed by atoms with Crippen LogP contribution in [0.1, 0.15) is 21.5 Å². The molecular formula is C17H15F3N2O. The molecule has 23 heavy (non-hydrogen) atoms. The zero-order valence-corrected chi connectivity index (χ0v) is 12.5. The van der Waals surface area contributed by atoms with Crippen LogP contribution < -0.4 is 10.2 Å². The van der Waals surface area contributed by atoms with E-state index in [1.165, 1.54) is 5.56 Å². The Bertz CT molecular complexity index is 753. The number of carbonyl (C=O) groups excluding carboxylic acids is 1. The lowest BCUT2D eigenvalue weighted by molar-refractivity contribution is 0.0942. The van der Waals surface area contributed by atoms with Gasteiger partial charge in [-0.05, 0) is 23.6 Å². The summed E-state index contributed by atoms with van der Waals surface area (Å²) in [6.07, 6.45) is 0.925. The minimum atomic E-state index is -1.21.